The second-order valence-electron chi connectivity index (χ2n) is 5.02. The Bertz CT molecular complexity index is 625. The van der Waals surface area contributed by atoms with Crippen LogP contribution in [0.1, 0.15) is 39.5 Å². The van der Waals surface area contributed by atoms with E-state index in [1.165, 1.54) is 0 Å². The van der Waals surface area contributed by atoms with Crippen molar-refractivity contribution in [1.29, 1.82) is 0 Å². The molecular formula is C15H16N2O2S. The largest absolute Gasteiger partial charge is 0.478 e. The maximum atomic E-state index is 11.3. The molecule has 0 saturated heterocycles. The van der Waals surface area contributed by atoms with Crippen LogP contribution in [0, 0.1) is 0 Å². The highest BCUT2D eigenvalue weighted by Gasteiger charge is 2.25. The average Bonchev–Trinajstić information content (AvgIpc) is 2.99. The fraction of sp³-hybridized carbons (Fsp3) is 0.333. The Morgan fingerprint density at radius 2 is 2.35 bits per heavy atom. The van der Waals surface area contributed by atoms with Gasteiger partial charge in [0.05, 0.1) is 11.6 Å². The summed E-state index contributed by atoms with van der Waals surface area (Å²) in [5.41, 5.74) is 2.56. The molecule has 0 fully saturated rings. The minimum atomic E-state index is -0.830. The number of hydrogen-bond donors (Lipinski definition) is 1. The molecule has 1 N–H and O–H groups in total. The summed E-state index contributed by atoms with van der Waals surface area (Å²) in [6.45, 7) is 3.82. The van der Waals surface area contributed by atoms with E-state index in [1.807, 2.05) is 23.7 Å². The SMILES string of the molecule is CC(c1nccs1)N1CCc2c(cccc2C(=O)O)C1. The van der Waals surface area contributed by atoms with Gasteiger partial charge in [-0.15, -0.1) is 11.3 Å². The van der Waals surface area contributed by atoms with Crippen LogP contribution in [0.3, 0.4) is 0 Å². The first-order valence-corrected chi connectivity index (χ1v) is 7.52. The van der Waals surface area contributed by atoms with Crippen LogP contribution < -0.4 is 0 Å². The first-order chi connectivity index (χ1) is 9.66. The number of aromatic carboxylic acids is 1. The molecule has 1 atom stereocenters. The summed E-state index contributed by atoms with van der Waals surface area (Å²) >= 11 is 1.67. The molecule has 1 aromatic heterocycles. The Labute approximate surface area is 121 Å². The molecule has 0 radical (unpaired) electrons. The lowest BCUT2D eigenvalue weighted by molar-refractivity contribution is 0.0694. The molecule has 0 saturated carbocycles. The van der Waals surface area contributed by atoms with E-state index in [-0.39, 0.29) is 6.04 Å². The Morgan fingerprint density at radius 1 is 1.50 bits per heavy atom. The molecule has 104 valence electrons. The van der Waals surface area contributed by atoms with Crippen LogP contribution in [-0.4, -0.2) is 27.5 Å². The summed E-state index contributed by atoms with van der Waals surface area (Å²) in [5, 5.41) is 12.4. The number of nitrogens with zero attached hydrogens (tertiary/aromatic N) is 2. The molecule has 2 aromatic rings. The van der Waals surface area contributed by atoms with Gasteiger partial charge in [-0.1, -0.05) is 12.1 Å². The molecule has 1 aliphatic heterocycles. The normalized spacial score (nSPS) is 16.6. The summed E-state index contributed by atoms with van der Waals surface area (Å²) < 4.78 is 0. The van der Waals surface area contributed by atoms with Gasteiger partial charge in [-0.25, -0.2) is 9.78 Å². The fourth-order valence-electron chi connectivity index (χ4n) is 2.76. The molecule has 0 aliphatic carbocycles. The van der Waals surface area contributed by atoms with Gasteiger partial charge in [-0.2, -0.15) is 0 Å². The molecule has 4 nitrogen and oxygen atoms in total. The number of aromatic nitrogens is 1. The summed E-state index contributed by atoms with van der Waals surface area (Å²) in [7, 11) is 0. The molecular weight excluding hydrogens is 272 g/mol. The molecule has 1 aromatic carbocycles. The summed E-state index contributed by atoms with van der Waals surface area (Å²) in [4.78, 5) is 18.0. The first-order valence-electron chi connectivity index (χ1n) is 6.64. The molecule has 0 amide bonds. The van der Waals surface area contributed by atoms with Crippen molar-refractivity contribution in [3.8, 4) is 0 Å². The van der Waals surface area contributed by atoms with E-state index in [2.05, 4.69) is 16.8 Å². The lowest BCUT2D eigenvalue weighted by Gasteiger charge is -2.33. The number of hydrogen-bond acceptors (Lipinski definition) is 4. The Balaban J connectivity index is 1.86. The maximum absolute atomic E-state index is 11.3. The van der Waals surface area contributed by atoms with Gasteiger partial charge in [0.25, 0.3) is 0 Å². The van der Waals surface area contributed by atoms with Crippen molar-refractivity contribution in [2.45, 2.75) is 25.9 Å². The fourth-order valence-corrected chi connectivity index (χ4v) is 3.49. The standard InChI is InChI=1S/C15H16N2O2S/c1-10(14-16-6-8-20-14)17-7-5-12-11(9-17)3-2-4-13(12)15(18)19/h2-4,6,8,10H,5,7,9H2,1H3,(H,18,19). The molecule has 5 heteroatoms. The third kappa shape index (κ3) is 2.34. The lowest BCUT2D eigenvalue weighted by atomic mass is 9.94. The third-order valence-electron chi connectivity index (χ3n) is 3.88. The van der Waals surface area contributed by atoms with Crippen molar-refractivity contribution in [3.63, 3.8) is 0 Å². The third-order valence-corrected chi connectivity index (χ3v) is 4.83. The van der Waals surface area contributed by atoms with Gasteiger partial charge in [0, 0.05) is 24.7 Å². The first kappa shape index (κ1) is 13.3. The van der Waals surface area contributed by atoms with Crippen LogP contribution in [0.2, 0.25) is 0 Å². The van der Waals surface area contributed by atoms with E-state index in [9.17, 15) is 9.90 Å². The van der Waals surface area contributed by atoms with E-state index in [1.54, 1.807) is 17.4 Å². The number of thiazole rings is 1. The number of carbonyl (C=O) groups is 1. The number of benzene rings is 1. The van der Waals surface area contributed by atoms with Crippen LogP contribution in [0.4, 0.5) is 0 Å². The van der Waals surface area contributed by atoms with Gasteiger partial charge >= 0.3 is 5.97 Å². The van der Waals surface area contributed by atoms with E-state index >= 15 is 0 Å². The molecule has 1 aliphatic rings. The van der Waals surface area contributed by atoms with E-state index in [0.29, 0.717) is 5.56 Å². The van der Waals surface area contributed by atoms with Crippen LogP contribution in [-0.2, 0) is 13.0 Å². The second-order valence-corrected chi connectivity index (χ2v) is 5.94. The summed E-state index contributed by atoms with van der Waals surface area (Å²) in [6, 6.07) is 5.83. The second kappa shape index (κ2) is 5.34. The highest BCUT2D eigenvalue weighted by molar-refractivity contribution is 7.09. The zero-order chi connectivity index (χ0) is 14.1. The minimum Gasteiger partial charge on any atom is -0.478 e. The molecule has 2 heterocycles. The zero-order valence-corrected chi connectivity index (χ0v) is 12.1. The Hall–Kier alpha value is -1.72. The van der Waals surface area contributed by atoms with Gasteiger partial charge in [-0.3, -0.25) is 4.90 Å². The Kier molecular flexibility index (Phi) is 3.54. The lowest BCUT2D eigenvalue weighted by Crippen LogP contribution is -2.33. The van der Waals surface area contributed by atoms with Gasteiger partial charge in [0.2, 0.25) is 0 Å². The zero-order valence-electron chi connectivity index (χ0n) is 11.2. The average molecular weight is 288 g/mol. The topological polar surface area (TPSA) is 53.4 Å². The molecule has 0 bridgehead atoms. The van der Waals surface area contributed by atoms with Crippen molar-refractivity contribution in [1.82, 2.24) is 9.88 Å². The highest BCUT2D eigenvalue weighted by Crippen LogP contribution is 2.29. The van der Waals surface area contributed by atoms with Crippen molar-refractivity contribution in [2.75, 3.05) is 6.54 Å². The molecule has 0 spiro atoms. The monoisotopic (exact) mass is 288 g/mol. The van der Waals surface area contributed by atoms with Crippen LogP contribution in [0.25, 0.3) is 0 Å². The molecule has 1 unspecified atom stereocenters. The van der Waals surface area contributed by atoms with Crippen molar-refractivity contribution < 1.29 is 9.90 Å². The van der Waals surface area contributed by atoms with Crippen LogP contribution in [0.5, 0.6) is 0 Å². The smallest absolute Gasteiger partial charge is 0.335 e. The number of carboxylic acids is 1. The van der Waals surface area contributed by atoms with E-state index in [0.717, 1.165) is 35.6 Å². The van der Waals surface area contributed by atoms with Crippen molar-refractivity contribution in [3.05, 3.63) is 51.5 Å². The van der Waals surface area contributed by atoms with E-state index < -0.39 is 5.97 Å². The van der Waals surface area contributed by atoms with Crippen molar-refractivity contribution in [2.24, 2.45) is 0 Å². The Morgan fingerprint density at radius 3 is 3.05 bits per heavy atom. The quantitative estimate of drug-likeness (QED) is 0.943. The van der Waals surface area contributed by atoms with Crippen molar-refractivity contribution >= 4 is 17.3 Å². The predicted octanol–water partition coefficient (Wildman–Crippen LogP) is 2.96. The number of carboxylic acid groups (broad SMARTS) is 1. The number of rotatable bonds is 3. The van der Waals surface area contributed by atoms with Gasteiger partial charge in [-0.05, 0) is 30.5 Å². The predicted molar refractivity (Wildman–Crippen MR) is 78.0 cm³/mol. The molecule has 20 heavy (non-hydrogen) atoms. The van der Waals surface area contributed by atoms with Gasteiger partial charge in [0.1, 0.15) is 5.01 Å². The minimum absolute atomic E-state index is 0.275. The summed E-state index contributed by atoms with van der Waals surface area (Å²) in [5.74, 6) is -0.830. The molecule has 3 rings (SSSR count). The van der Waals surface area contributed by atoms with Gasteiger partial charge < -0.3 is 5.11 Å². The highest BCUT2D eigenvalue weighted by atomic mass is 32.1. The van der Waals surface area contributed by atoms with Crippen LogP contribution in [0.15, 0.2) is 29.8 Å². The summed E-state index contributed by atoms with van der Waals surface area (Å²) in [6.07, 6.45) is 2.62. The maximum Gasteiger partial charge on any atom is 0.335 e. The number of fused-ring (bicyclic) bond motifs is 1. The van der Waals surface area contributed by atoms with Crippen LogP contribution >= 0.6 is 11.3 Å². The van der Waals surface area contributed by atoms with E-state index in [4.69, 9.17) is 0 Å². The van der Waals surface area contributed by atoms with Gasteiger partial charge in [0.15, 0.2) is 0 Å².